The van der Waals surface area contributed by atoms with Crippen molar-refractivity contribution in [3.63, 3.8) is 0 Å². The van der Waals surface area contributed by atoms with Crippen molar-refractivity contribution < 1.29 is 14.7 Å². The Morgan fingerprint density at radius 2 is 1.88 bits per heavy atom. The first-order valence-corrected chi connectivity index (χ1v) is 6.14. The minimum Gasteiger partial charge on any atom is -0.480 e. The van der Waals surface area contributed by atoms with Crippen molar-refractivity contribution in [1.82, 2.24) is 10.2 Å². The van der Waals surface area contributed by atoms with E-state index in [9.17, 15) is 9.59 Å². The molecule has 0 aromatic rings. The molecule has 17 heavy (non-hydrogen) atoms. The smallest absolute Gasteiger partial charge is 0.323 e. The van der Waals surface area contributed by atoms with Crippen LogP contribution < -0.4 is 5.32 Å². The summed E-state index contributed by atoms with van der Waals surface area (Å²) in [5, 5.41) is 11.6. The van der Waals surface area contributed by atoms with Gasteiger partial charge in [0.1, 0.15) is 6.54 Å². The van der Waals surface area contributed by atoms with Crippen molar-refractivity contribution in [1.29, 1.82) is 0 Å². The molecule has 0 aliphatic carbocycles. The van der Waals surface area contributed by atoms with E-state index in [1.54, 1.807) is 0 Å². The lowest BCUT2D eigenvalue weighted by Gasteiger charge is -2.25. The van der Waals surface area contributed by atoms with Gasteiger partial charge in [0.2, 0.25) is 0 Å². The van der Waals surface area contributed by atoms with E-state index in [2.05, 4.69) is 5.32 Å². The molecular formula is C12H24N2O3. The molecule has 0 aliphatic rings. The molecule has 0 heterocycles. The van der Waals surface area contributed by atoms with Gasteiger partial charge in [-0.05, 0) is 19.3 Å². The standard InChI is InChI=1S/C12H24N2O3/c1-5-6-10(4)13-12(17)14(7-9(2)3)8-11(15)16/h9-10H,5-8H2,1-4H3,(H,13,17)(H,15,16). The molecule has 5 heteroatoms. The number of carbonyl (C=O) groups is 2. The highest BCUT2D eigenvalue weighted by Gasteiger charge is 2.18. The second-order valence-corrected chi connectivity index (χ2v) is 4.81. The van der Waals surface area contributed by atoms with Crippen LogP contribution in [0, 0.1) is 5.92 Å². The Hall–Kier alpha value is -1.26. The fourth-order valence-electron chi connectivity index (χ4n) is 1.63. The molecule has 0 aromatic carbocycles. The first kappa shape index (κ1) is 15.7. The summed E-state index contributed by atoms with van der Waals surface area (Å²) in [6.07, 6.45) is 1.89. The summed E-state index contributed by atoms with van der Waals surface area (Å²) in [6.45, 7) is 8.09. The minimum absolute atomic E-state index is 0.0796. The van der Waals surface area contributed by atoms with E-state index in [0.717, 1.165) is 12.8 Å². The minimum atomic E-state index is -0.982. The van der Waals surface area contributed by atoms with E-state index in [1.165, 1.54) is 4.90 Å². The summed E-state index contributed by atoms with van der Waals surface area (Å²) in [4.78, 5) is 23.9. The Labute approximate surface area is 103 Å². The molecule has 0 aliphatic heterocycles. The van der Waals surface area contributed by atoms with Gasteiger partial charge < -0.3 is 15.3 Å². The molecule has 100 valence electrons. The normalized spacial score (nSPS) is 12.3. The maximum atomic E-state index is 11.9. The highest BCUT2D eigenvalue weighted by molar-refractivity contribution is 5.80. The van der Waals surface area contributed by atoms with E-state index >= 15 is 0 Å². The second-order valence-electron chi connectivity index (χ2n) is 4.81. The predicted molar refractivity (Wildman–Crippen MR) is 66.9 cm³/mol. The molecule has 1 unspecified atom stereocenters. The molecule has 0 spiro atoms. The van der Waals surface area contributed by atoms with E-state index < -0.39 is 5.97 Å². The van der Waals surface area contributed by atoms with E-state index in [1.807, 2.05) is 27.7 Å². The quantitative estimate of drug-likeness (QED) is 0.719. The summed E-state index contributed by atoms with van der Waals surface area (Å²) in [6, 6.07) is -0.210. The van der Waals surface area contributed by atoms with Gasteiger partial charge in [0.05, 0.1) is 0 Å². The van der Waals surface area contributed by atoms with Gasteiger partial charge in [-0.2, -0.15) is 0 Å². The molecule has 0 bridgehead atoms. The van der Waals surface area contributed by atoms with Crippen molar-refractivity contribution in [2.24, 2.45) is 5.92 Å². The first-order chi connectivity index (χ1) is 7.86. The molecule has 0 saturated carbocycles. The summed E-state index contributed by atoms with van der Waals surface area (Å²) in [7, 11) is 0. The number of carboxylic acids is 1. The molecular weight excluding hydrogens is 220 g/mol. The van der Waals surface area contributed by atoms with Gasteiger partial charge in [-0.1, -0.05) is 27.2 Å². The Bertz CT molecular complexity index is 254. The Kier molecular flexibility index (Phi) is 7.34. The maximum absolute atomic E-state index is 11.9. The van der Waals surface area contributed by atoms with Gasteiger partial charge in [-0.3, -0.25) is 4.79 Å². The van der Waals surface area contributed by atoms with Crippen molar-refractivity contribution in [3.8, 4) is 0 Å². The average Bonchev–Trinajstić information content (AvgIpc) is 2.15. The summed E-state index contributed by atoms with van der Waals surface area (Å²) >= 11 is 0. The third kappa shape index (κ3) is 7.60. The topological polar surface area (TPSA) is 69.6 Å². The first-order valence-electron chi connectivity index (χ1n) is 6.14. The van der Waals surface area contributed by atoms with E-state index in [0.29, 0.717) is 6.54 Å². The SMILES string of the molecule is CCCC(C)NC(=O)N(CC(=O)O)CC(C)C. The molecule has 0 radical (unpaired) electrons. The van der Waals surface area contributed by atoms with Crippen molar-refractivity contribution in [2.45, 2.75) is 46.6 Å². The average molecular weight is 244 g/mol. The fraction of sp³-hybridized carbons (Fsp3) is 0.833. The number of carbonyl (C=O) groups excluding carboxylic acids is 1. The van der Waals surface area contributed by atoms with E-state index in [4.69, 9.17) is 5.11 Å². The maximum Gasteiger partial charge on any atom is 0.323 e. The van der Waals surface area contributed by atoms with Crippen LogP contribution >= 0.6 is 0 Å². The monoisotopic (exact) mass is 244 g/mol. The molecule has 2 N–H and O–H groups in total. The Morgan fingerprint density at radius 3 is 2.29 bits per heavy atom. The number of hydrogen-bond acceptors (Lipinski definition) is 2. The zero-order chi connectivity index (χ0) is 13.4. The lowest BCUT2D eigenvalue weighted by molar-refractivity contribution is -0.137. The zero-order valence-electron chi connectivity index (χ0n) is 11.2. The Morgan fingerprint density at radius 1 is 1.29 bits per heavy atom. The van der Waals surface area contributed by atoms with Crippen LogP contribution in [0.3, 0.4) is 0 Å². The molecule has 2 amide bonds. The molecule has 0 rings (SSSR count). The third-order valence-electron chi connectivity index (χ3n) is 2.29. The Balaban J connectivity index is 4.35. The van der Waals surface area contributed by atoms with Crippen LogP contribution in [0.25, 0.3) is 0 Å². The number of aliphatic carboxylic acids is 1. The van der Waals surface area contributed by atoms with Crippen LogP contribution in [0.2, 0.25) is 0 Å². The van der Waals surface area contributed by atoms with Gasteiger partial charge in [0.15, 0.2) is 0 Å². The molecule has 0 fully saturated rings. The molecule has 0 aromatic heterocycles. The van der Waals surface area contributed by atoms with Gasteiger partial charge in [-0.25, -0.2) is 4.79 Å². The highest BCUT2D eigenvalue weighted by Crippen LogP contribution is 2.01. The van der Waals surface area contributed by atoms with Crippen molar-refractivity contribution in [3.05, 3.63) is 0 Å². The zero-order valence-corrected chi connectivity index (χ0v) is 11.2. The van der Waals surface area contributed by atoms with Gasteiger partial charge in [-0.15, -0.1) is 0 Å². The number of hydrogen-bond donors (Lipinski definition) is 2. The summed E-state index contributed by atoms with van der Waals surface area (Å²) < 4.78 is 0. The largest absolute Gasteiger partial charge is 0.480 e. The fourth-order valence-corrected chi connectivity index (χ4v) is 1.63. The van der Waals surface area contributed by atoms with Gasteiger partial charge in [0, 0.05) is 12.6 Å². The predicted octanol–water partition coefficient (Wildman–Crippen LogP) is 1.93. The molecule has 1 atom stereocenters. The van der Waals surface area contributed by atoms with Crippen LogP contribution in [0.5, 0.6) is 0 Å². The molecule has 0 saturated heterocycles. The van der Waals surface area contributed by atoms with Gasteiger partial charge in [0.25, 0.3) is 0 Å². The van der Waals surface area contributed by atoms with Crippen LogP contribution in [0.15, 0.2) is 0 Å². The molecule has 5 nitrogen and oxygen atoms in total. The number of nitrogens with zero attached hydrogens (tertiary/aromatic N) is 1. The number of amides is 2. The number of rotatable bonds is 7. The number of urea groups is 1. The summed E-state index contributed by atoms with van der Waals surface area (Å²) in [5.41, 5.74) is 0. The number of carboxylic acid groups (broad SMARTS) is 1. The number of nitrogens with one attached hydrogen (secondary N) is 1. The van der Waals surface area contributed by atoms with Gasteiger partial charge >= 0.3 is 12.0 Å². The lowest BCUT2D eigenvalue weighted by atomic mass is 10.2. The summed E-state index contributed by atoms with van der Waals surface area (Å²) in [5.74, 6) is -0.731. The van der Waals surface area contributed by atoms with Crippen molar-refractivity contribution >= 4 is 12.0 Å². The van der Waals surface area contributed by atoms with Crippen LogP contribution in [0.4, 0.5) is 4.79 Å². The van der Waals surface area contributed by atoms with E-state index in [-0.39, 0.29) is 24.5 Å². The second kappa shape index (κ2) is 7.92. The highest BCUT2D eigenvalue weighted by atomic mass is 16.4. The lowest BCUT2D eigenvalue weighted by Crippen LogP contribution is -2.47. The third-order valence-corrected chi connectivity index (χ3v) is 2.29. The van der Waals surface area contributed by atoms with Crippen LogP contribution in [0.1, 0.15) is 40.5 Å². The van der Waals surface area contributed by atoms with Crippen molar-refractivity contribution in [2.75, 3.05) is 13.1 Å². The van der Waals surface area contributed by atoms with Crippen LogP contribution in [-0.4, -0.2) is 41.1 Å². The van der Waals surface area contributed by atoms with Crippen LogP contribution in [-0.2, 0) is 4.79 Å².